The third-order valence-electron chi connectivity index (χ3n) is 13.1. The second kappa shape index (κ2) is 60.1. The van der Waals surface area contributed by atoms with Crippen molar-refractivity contribution in [2.75, 3.05) is 13.2 Å². The van der Waals surface area contributed by atoms with E-state index in [0.29, 0.717) is 19.3 Å². The normalized spacial score (nSPS) is 12.7. The lowest BCUT2D eigenvalue weighted by Crippen LogP contribution is -2.30. The molecule has 6 heteroatoms. The van der Waals surface area contributed by atoms with Crippen LogP contribution in [0, 0.1) is 0 Å². The highest BCUT2D eigenvalue weighted by Crippen LogP contribution is 2.16. The standard InChI is InChI=1S/C66H114O6/c1-4-7-10-13-16-19-22-25-28-31-33-36-38-41-44-47-50-53-56-59-65(68)71-62-63(61-70-64(67)58-55-52-49-46-43-40-37-34-30-27-24-21-18-15-12-9-6-3)72-66(69)60-57-54-51-48-45-42-39-35-32-29-26-23-20-17-14-11-8-5-2/h9,12,18,20-21,23,27,29-30,32,37,40,46,49,63H,4-8,10-11,13-17,19,22,24-26,28,31,33-36,38-39,41-45,47-48,50-62H2,1-3H3/b12-9-,21-18-,23-20-,30-27-,32-29-,40-37-,49-46-. The quantitative estimate of drug-likeness (QED) is 0.0261. The summed E-state index contributed by atoms with van der Waals surface area (Å²) in [6, 6.07) is 0. The van der Waals surface area contributed by atoms with Gasteiger partial charge in [0.25, 0.3) is 0 Å². The van der Waals surface area contributed by atoms with Crippen LogP contribution in [-0.2, 0) is 28.6 Å². The predicted molar refractivity (Wildman–Crippen MR) is 311 cm³/mol. The monoisotopic (exact) mass is 1000 g/mol. The summed E-state index contributed by atoms with van der Waals surface area (Å²) in [7, 11) is 0. The van der Waals surface area contributed by atoms with Crippen LogP contribution in [0.3, 0.4) is 0 Å². The van der Waals surface area contributed by atoms with Crippen molar-refractivity contribution in [2.24, 2.45) is 0 Å². The Kier molecular flexibility index (Phi) is 57.3. The van der Waals surface area contributed by atoms with Gasteiger partial charge in [-0.05, 0) is 89.9 Å². The summed E-state index contributed by atoms with van der Waals surface area (Å²) in [5.74, 6) is -0.953. The molecule has 0 spiro atoms. The summed E-state index contributed by atoms with van der Waals surface area (Å²) in [6.07, 6.45) is 78.7. The molecule has 1 unspecified atom stereocenters. The fourth-order valence-electron chi connectivity index (χ4n) is 8.57. The first-order valence-electron chi connectivity index (χ1n) is 30.6. The average Bonchev–Trinajstić information content (AvgIpc) is 3.38. The molecule has 0 aromatic rings. The number of carbonyl (C=O) groups is 3. The lowest BCUT2D eigenvalue weighted by Gasteiger charge is -2.18. The van der Waals surface area contributed by atoms with Gasteiger partial charge in [0.15, 0.2) is 6.10 Å². The number of hydrogen-bond donors (Lipinski definition) is 0. The molecule has 0 aromatic carbocycles. The molecule has 0 saturated heterocycles. The maximum atomic E-state index is 12.9. The number of hydrogen-bond acceptors (Lipinski definition) is 6. The van der Waals surface area contributed by atoms with Crippen molar-refractivity contribution in [2.45, 2.75) is 303 Å². The first-order chi connectivity index (χ1) is 35.5. The van der Waals surface area contributed by atoms with Crippen LogP contribution in [0.2, 0.25) is 0 Å². The second-order valence-electron chi connectivity index (χ2n) is 20.2. The van der Waals surface area contributed by atoms with Crippen LogP contribution in [0.25, 0.3) is 0 Å². The van der Waals surface area contributed by atoms with Crippen LogP contribution in [0.5, 0.6) is 0 Å². The summed E-state index contributed by atoms with van der Waals surface area (Å²) in [4.78, 5) is 38.2. The van der Waals surface area contributed by atoms with Crippen LogP contribution in [0.15, 0.2) is 85.1 Å². The van der Waals surface area contributed by atoms with Gasteiger partial charge in [0.1, 0.15) is 13.2 Å². The molecular weight excluding hydrogens is 889 g/mol. The average molecular weight is 1000 g/mol. The van der Waals surface area contributed by atoms with Gasteiger partial charge in [-0.15, -0.1) is 0 Å². The van der Waals surface area contributed by atoms with E-state index in [4.69, 9.17) is 14.2 Å². The van der Waals surface area contributed by atoms with Gasteiger partial charge in [-0.25, -0.2) is 0 Å². The van der Waals surface area contributed by atoms with Crippen LogP contribution in [0.1, 0.15) is 297 Å². The van der Waals surface area contributed by atoms with E-state index in [-0.39, 0.29) is 37.5 Å². The minimum atomic E-state index is -0.804. The molecule has 0 saturated carbocycles. The Bertz CT molecular complexity index is 1380. The van der Waals surface area contributed by atoms with Gasteiger partial charge in [-0.1, -0.05) is 273 Å². The lowest BCUT2D eigenvalue weighted by molar-refractivity contribution is -0.167. The van der Waals surface area contributed by atoms with E-state index >= 15 is 0 Å². The van der Waals surface area contributed by atoms with Crippen molar-refractivity contribution in [3.05, 3.63) is 85.1 Å². The molecule has 0 rings (SSSR count). The number of rotatable bonds is 55. The number of esters is 3. The summed E-state index contributed by atoms with van der Waals surface area (Å²) < 4.78 is 16.9. The van der Waals surface area contributed by atoms with E-state index in [1.165, 1.54) is 161 Å². The summed E-state index contributed by atoms with van der Waals surface area (Å²) in [5.41, 5.74) is 0. The largest absolute Gasteiger partial charge is 0.462 e. The molecule has 0 aliphatic heterocycles. The van der Waals surface area contributed by atoms with E-state index in [1.807, 2.05) is 0 Å². The smallest absolute Gasteiger partial charge is 0.306 e. The Morgan fingerprint density at radius 1 is 0.292 bits per heavy atom. The van der Waals surface area contributed by atoms with Gasteiger partial charge in [-0.3, -0.25) is 14.4 Å². The molecule has 0 N–H and O–H groups in total. The molecule has 6 nitrogen and oxygen atoms in total. The van der Waals surface area contributed by atoms with Crippen molar-refractivity contribution in [3.8, 4) is 0 Å². The SMILES string of the molecule is CC/C=C\C/C=C\C/C=C\C/C=C\C/C=C\CCCC(=O)OCC(COC(=O)CCCCCCCCCCCCCCCCCCCCC)OC(=O)CCCCCCCCC/C=C\C/C=C\CCCCCC. The van der Waals surface area contributed by atoms with Gasteiger partial charge in [0.2, 0.25) is 0 Å². The number of carbonyl (C=O) groups excluding carboxylic acids is 3. The molecule has 0 aliphatic rings. The van der Waals surface area contributed by atoms with E-state index in [0.717, 1.165) is 89.9 Å². The molecular formula is C66H114O6. The number of ether oxygens (including phenoxy) is 3. The third kappa shape index (κ3) is 57.5. The molecule has 0 heterocycles. The van der Waals surface area contributed by atoms with Crippen molar-refractivity contribution in [3.63, 3.8) is 0 Å². The van der Waals surface area contributed by atoms with Crippen molar-refractivity contribution in [1.29, 1.82) is 0 Å². The van der Waals surface area contributed by atoms with E-state index in [9.17, 15) is 14.4 Å². The summed E-state index contributed by atoms with van der Waals surface area (Å²) in [5, 5.41) is 0. The highest BCUT2D eigenvalue weighted by Gasteiger charge is 2.19. The minimum absolute atomic E-state index is 0.0952. The minimum Gasteiger partial charge on any atom is -0.462 e. The number of allylic oxidation sites excluding steroid dienone is 14. The first-order valence-corrected chi connectivity index (χ1v) is 30.6. The van der Waals surface area contributed by atoms with Crippen molar-refractivity contribution < 1.29 is 28.6 Å². The van der Waals surface area contributed by atoms with Gasteiger partial charge >= 0.3 is 17.9 Å². The third-order valence-corrected chi connectivity index (χ3v) is 13.1. The van der Waals surface area contributed by atoms with Crippen molar-refractivity contribution >= 4 is 17.9 Å². The highest BCUT2D eigenvalue weighted by molar-refractivity contribution is 5.71. The number of unbranched alkanes of at least 4 members (excludes halogenated alkanes) is 30. The maximum Gasteiger partial charge on any atom is 0.306 e. The molecule has 0 amide bonds. The summed E-state index contributed by atoms with van der Waals surface area (Å²) in [6.45, 7) is 6.49. The van der Waals surface area contributed by atoms with Crippen LogP contribution < -0.4 is 0 Å². The van der Waals surface area contributed by atoms with Crippen LogP contribution >= 0.6 is 0 Å². The highest BCUT2D eigenvalue weighted by atomic mass is 16.6. The molecule has 0 fully saturated rings. The Hall–Kier alpha value is -3.41. The van der Waals surface area contributed by atoms with E-state index < -0.39 is 6.10 Å². The molecule has 414 valence electrons. The lowest BCUT2D eigenvalue weighted by atomic mass is 10.0. The Morgan fingerprint density at radius 3 is 0.917 bits per heavy atom. The van der Waals surface area contributed by atoms with E-state index in [2.05, 4.69) is 106 Å². The van der Waals surface area contributed by atoms with Gasteiger partial charge in [0, 0.05) is 19.3 Å². The van der Waals surface area contributed by atoms with Crippen LogP contribution in [-0.4, -0.2) is 37.2 Å². The molecule has 0 bridgehead atoms. The zero-order valence-corrected chi connectivity index (χ0v) is 47.4. The van der Waals surface area contributed by atoms with Crippen LogP contribution in [0.4, 0.5) is 0 Å². The zero-order valence-electron chi connectivity index (χ0n) is 47.4. The molecule has 72 heavy (non-hydrogen) atoms. The molecule has 0 radical (unpaired) electrons. The van der Waals surface area contributed by atoms with Gasteiger partial charge in [-0.2, -0.15) is 0 Å². The fraction of sp³-hybridized carbons (Fsp3) is 0.742. The molecule has 0 aliphatic carbocycles. The zero-order chi connectivity index (χ0) is 52.2. The Morgan fingerprint density at radius 2 is 0.556 bits per heavy atom. The van der Waals surface area contributed by atoms with Crippen molar-refractivity contribution in [1.82, 2.24) is 0 Å². The van der Waals surface area contributed by atoms with Gasteiger partial charge < -0.3 is 14.2 Å². The molecule has 1 atom stereocenters. The van der Waals surface area contributed by atoms with E-state index in [1.54, 1.807) is 0 Å². The first kappa shape index (κ1) is 68.6. The van der Waals surface area contributed by atoms with Gasteiger partial charge in [0.05, 0.1) is 0 Å². The maximum absolute atomic E-state index is 12.9. The summed E-state index contributed by atoms with van der Waals surface area (Å²) >= 11 is 0. The topological polar surface area (TPSA) is 78.9 Å². The Labute approximate surface area is 445 Å². The predicted octanol–water partition coefficient (Wildman–Crippen LogP) is 20.7. The second-order valence-corrected chi connectivity index (χ2v) is 20.2. The molecule has 0 aromatic heterocycles. The fourth-order valence-corrected chi connectivity index (χ4v) is 8.57. The Balaban J connectivity index is 4.45.